The lowest BCUT2D eigenvalue weighted by atomic mass is 10.1. The third-order valence-electron chi connectivity index (χ3n) is 3.16. The zero-order valence-corrected chi connectivity index (χ0v) is 11.8. The fourth-order valence-electron chi connectivity index (χ4n) is 2.17. The maximum Gasteiger partial charge on any atom is 0.257 e. The van der Waals surface area contributed by atoms with Gasteiger partial charge in [0.2, 0.25) is 0 Å². The second-order valence-electron chi connectivity index (χ2n) is 4.51. The van der Waals surface area contributed by atoms with E-state index in [9.17, 15) is 9.59 Å². The molecule has 0 saturated heterocycles. The van der Waals surface area contributed by atoms with Crippen molar-refractivity contribution in [3.05, 3.63) is 65.0 Å². The fraction of sp³-hybridized carbons (Fsp3) is 0. The van der Waals surface area contributed by atoms with Crippen LogP contribution in [0.2, 0.25) is 0 Å². The number of hydrogen-bond acceptors (Lipinski definition) is 3. The summed E-state index contributed by atoms with van der Waals surface area (Å²) in [5, 5.41) is 5.72. The number of carbonyl (C=O) groups is 2. The van der Waals surface area contributed by atoms with Crippen LogP contribution in [0.25, 0.3) is 10.1 Å². The van der Waals surface area contributed by atoms with Crippen molar-refractivity contribution >= 4 is 38.9 Å². The molecule has 0 aliphatic heterocycles. The highest BCUT2D eigenvalue weighted by Gasteiger charge is 2.14. The van der Waals surface area contributed by atoms with Gasteiger partial charge >= 0.3 is 0 Å². The van der Waals surface area contributed by atoms with Crippen LogP contribution in [-0.2, 0) is 0 Å². The number of nitrogens with one attached hydrogen (secondary N) is 1. The van der Waals surface area contributed by atoms with E-state index in [1.807, 2.05) is 23.6 Å². The van der Waals surface area contributed by atoms with Crippen molar-refractivity contribution in [3.63, 3.8) is 0 Å². The van der Waals surface area contributed by atoms with E-state index < -0.39 is 5.91 Å². The molecule has 104 valence electrons. The number of amides is 2. The van der Waals surface area contributed by atoms with Gasteiger partial charge in [-0.25, -0.2) is 0 Å². The van der Waals surface area contributed by atoms with Gasteiger partial charge in [-0.05, 0) is 35.0 Å². The highest BCUT2D eigenvalue weighted by atomic mass is 32.1. The molecule has 3 N–H and O–H groups in total. The quantitative estimate of drug-likeness (QED) is 0.778. The molecule has 1 heterocycles. The zero-order valence-electron chi connectivity index (χ0n) is 11.0. The first-order chi connectivity index (χ1) is 10.2. The molecule has 2 aromatic carbocycles. The minimum Gasteiger partial charge on any atom is -0.366 e. The third-order valence-corrected chi connectivity index (χ3v) is 4.13. The van der Waals surface area contributed by atoms with E-state index >= 15 is 0 Å². The van der Waals surface area contributed by atoms with Crippen molar-refractivity contribution in [2.24, 2.45) is 5.73 Å². The molecule has 4 nitrogen and oxygen atoms in total. The minimum absolute atomic E-state index is 0.253. The van der Waals surface area contributed by atoms with Gasteiger partial charge in [0.1, 0.15) is 0 Å². The van der Waals surface area contributed by atoms with Crippen LogP contribution in [0.4, 0.5) is 5.69 Å². The molecule has 0 fully saturated rings. The summed E-state index contributed by atoms with van der Waals surface area (Å²) in [7, 11) is 0. The third kappa shape index (κ3) is 2.51. The van der Waals surface area contributed by atoms with Gasteiger partial charge in [-0.15, -0.1) is 11.3 Å². The summed E-state index contributed by atoms with van der Waals surface area (Å²) in [5.41, 5.74) is 6.62. The standard InChI is InChI=1S/C16H12N2O2S/c17-15(19)11-5-1-2-7-13(11)18-16(20)12-6-3-4-10-8-9-21-14(10)12/h1-9H,(H2,17,19)(H,18,20). The van der Waals surface area contributed by atoms with Crippen LogP contribution in [0.3, 0.4) is 0 Å². The van der Waals surface area contributed by atoms with Crippen molar-refractivity contribution in [2.45, 2.75) is 0 Å². The largest absolute Gasteiger partial charge is 0.366 e. The number of hydrogen-bond donors (Lipinski definition) is 2. The first-order valence-corrected chi connectivity index (χ1v) is 7.21. The van der Waals surface area contributed by atoms with E-state index in [0.717, 1.165) is 10.1 Å². The number of rotatable bonds is 3. The van der Waals surface area contributed by atoms with Crippen LogP contribution in [0.1, 0.15) is 20.7 Å². The average Bonchev–Trinajstić information content (AvgIpc) is 2.95. The summed E-state index contributed by atoms with van der Waals surface area (Å²) in [5.74, 6) is -0.822. The van der Waals surface area contributed by atoms with Crippen LogP contribution in [-0.4, -0.2) is 11.8 Å². The summed E-state index contributed by atoms with van der Waals surface area (Å²) in [6.07, 6.45) is 0. The lowest BCUT2D eigenvalue weighted by Gasteiger charge is -2.09. The van der Waals surface area contributed by atoms with E-state index in [2.05, 4.69) is 5.32 Å². The Morgan fingerprint density at radius 1 is 0.952 bits per heavy atom. The number of benzene rings is 2. The molecule has 0 spiro atoms. The number of fused-ring (bicyclic) bond motifs is 1. The summed E-state index contributed by atoms with van der Waals surface area (Å²) in [4.78, 5) is 23.8. The van der Waals surface area contributed by atoms with Gasteiger partial charge in [0.25, 0.3) is 11.8 Å². The Balaban J connectivity index is 1.97. The Morgan fingerprint density at radius 2 is 1.71 bits per heavy atom. The molecule has 0 bridgehead atoms. The van der Waals surface area contributed by atoms with Gasteiger partial charge in [0, 0.05) is 4.70 Å². The second-order valence-corrected chi connectivity index (χ2v) is 5.42. The molecule has 3 rings (SSSR count). The Labute approximate surface area is 125 Å². The molecule has 3 aromatic rings. The Hall–Kier alpha value is -2.66. The predicted octanol–water partition coefficient (Wildman–Crippen LogP) is 3.25. The monoisotopic (exact) mass is 296 g/mol. The Kier molecular flexibility index (Phi) is 3.41. The van der Waals surface area contributed by atoms with Crippen LogP contribution < -0.4 is 11.1 Å². The maximum atomic E-state index is 12.4. The molecule has 1 aromatic heterocycles. The summed E-state index contributed by atoms with van der Waals surface area (Å²) in [6.45, 7) is 0. The summed E-state index contributed by atoms with van der Waals surface area (Å²) in [6, 6.07) is 14.2. The smallest absolute Gasteiger partial charge is 0.257 e. The highest BCUT2D eigenvalue weighted by molar-refractivity contribution is 7.17. The van der Waals surface area contributed by atoms with Crippen molar-refractivity contribution in [1.29, 1.82) is 0 Å². The highest BCUT2D eigenvalue weighted by Crippen LogP contribution is 2.25. The number of thiophene rings is 1. The van der Waals surface area contributed by atoms with Gasteiger partial charge in [-0.2, -0.15) is 0 Å². The first-order valence-electron chi connectivity index (χ1n) is 6.33. The molecule has 0 saturated carbocycles. The molecular weight excluding hydrogens is 284 g/mol. The first kappa shape index (κ1) is 13.3. The second kappa shape index (κ2) is 5.38. The number of carbonyl (C=O) groups excluding carboxylic acids is 2. The van der Waals surface area contributed by atoms with Crippen LogP contribution in [0, 0.1) is 0 Å². The lowest BCUT2D eigenvalue weighted by molar-refractivity contribution is 0.100. The Bertz CT molecular complexity index is 839. The van der Waals surface area contributed by atoms with E-state index in [0.29, 0.717) is 16.8 Å². The van der Waals surface area contributed by atoms with Gasteiger partial charge in [-0.1, -0.05) is 24.3 Å². The minimum atomic E-state index is -0.569. The van der Waals surface area contributed by atoms with Crippen molar-refractivity contribution in [3.8, 4) is 0 Å². The topological polar surface area (TPSA) is 72.2 Å². The van der Waals surface area contributed by atoms with Crippen molar-refractivity contribution in [2.75, 3.05) is 5.32 Å². The van der Waals surface area contributed by atoms with E-state index in [1.54, 1.807) is 30.3 Å². The SMILES string of the molecule is NC(=O)c1ccccc1NC(=O)c1cccc2ccsc12. The van der Waals surface area contributed by atoms with Gasteiger partial charge in [-0.3, -0.25) is 9.59 Å². The van der Waals surface area contributed by atoms with E-state index in [1.165, 1.54) is 11.3 Å². The van der Waals surface area contributed by atoms with Crippen LogP contribution >= 0.6 is 11.3 Å². The maximum absolute atomic E-state index is 12.4. The number of para-hydroxylation sites is 1. The molecule has 0 radical (unpaired) electrons. The molecule has 5 heteroatoms. The van der Waals surface area contributed by atoms with E-state index in [4.69, 9.17) is 5.73 Å². The molecule has 0 aliphatic carbocycles. The molecule has 0 unspecified atom stereocenters. The molecule has 21 heavy (non-hydrogen) atoms. The van der Waals surface area contributed by atoms with Gasteiger partial charge in [0.15, 0.2) is 0 Å². The molecular formula is C16H12N2O2S. The van der Waals surface area contributed by atoms with Crippen molar-refractivity contribution in [1.82, 2.24) is 0 Å². The van der Waals surface area contributed by atoms with Crippen LogP contribution in [0.5, 0.6) is 0 Å². The fourth-order valence-corrected chi connectivity index (χ4v) is 3.08. The van der Waals surface area contributed by atoms with Gasteiger partial charge in [0.05, 0.1) is 16.8 Å². The normalized spacial score (nSPS) is 10.5. The summed E-state index contributed by atoms with van der Waals surface area (Å²) < 4.78 is 0.923. The van der Waals surface area contributed by atoms with Crippen LogP contribution in [0.15, 0.2) is 53.9 Å². The molecule has 0 atom stereocenters. The molecule has 0 aliphatic rings. The summed E-state index contributed by atoms with van der Waals surface area (Å²) >= 11 is 1.51. The number of anilines is 1. The van der Waals surface area contributed by atoms with Crippen molar-refractivity contribution < 1.29 is 9.59 Å². The average molecular weight is 296 g/mol. The number of nitrogens with two attached hydrogens (primary N) is 1. The van der Waals surface area contributed by atoms with E-state index in [-0.39, 0.29) is 5.91 Å². The van der Waals surface area contributed by atoms with Gasteiger partial charge < -0.3 is 11.1 Å². The number of primary amides is 1. The Morgan fingerprint density at radius 3 is 2.52 bits per heavy atom. The molecule has 2 amide bonds. The zero-order chi connectivity index (χ0) is 14.8. The predicted molar refractivity (Wildman–Crippen MR) is 84.7 cm³/mol. The lowest BCUT2D eigenvalue weighted by Crippen LogP contribution is -2.18.